The van der Waals surface area contributed by atoms with Crippen molar-refractivity contribution in [1.82, 2.24) is 4.98 Å². The molecule has 0 spiro atoms. The molecule has 0 unspecified atom stereocenters. The number of hydrogen-bond donors (Lipinski definition) is 1. The van der Waals surface area contributed by atoms with Gasteiger partial charge in [0.05, 0.1) is 10.5 Å². The standard InChI is InChI=1S/C11H10ClFN2/c1-2-14-10-6-3-7-9(13)5-4-8(12)11(7)15-10/h3-6H,2H2,1H3,(H,14,15). The Labute approximate surface area is 92.1 Å². The van der Waals surface area contributed by atoms with E-state index in [0.717, 1.165) is 6.54 Å². The zero-order chi connectivity index (χ0) is 10.8. The van der Waals surface area contributed by atoms with E-state index in [4.69, 9.17) is 11.6 Å². The smallest absolute Gasteiger partial charge is 0.132 e. The SMILES string of the molecule is CCNc1ccc2c(F)ccc(Cl)c2n1. The van der Waals surface area contributed by atoms with E-state index >= 15 is 0 Å². The zero-order valence-electron chi connectivity index (χ0n) is 8.22. The molecule has 0 radical (unpaired) electrons. The number of anilines is 1. The summed E-state index contributed by atoms with van der Waals surface area (Å²) < 4.78 is 13.4. The van der Waals surface area contributed by atoms with Crippen molar-refractivity contribution >= 4 is 28.3 Å². The Kier molecular flexibility index (Phi) is 2.73. The van der Waals surface area contributed by atoms with Crippen molar-refractivity contribution in [1.29, 1.82) is 0 Å². The molecule has 0 aliphatic heterocycles. The molecule has 0 atom stereocenters. The normalized spacial score (nSPS) is 10.6. The maximum Gasteiger partial charge on any atom is 0.132 e. The maximum absolute atomic E-state index is 13.4. The Morgan fingerprint density at radius 3 is 2.87 bits per heavy atom. The highest BCUT2D eigenvalue weighted by Gasteiger charge is 2.06. The van der Waals surface area contributed by atoms with Crippen LogP contribution in [0.3, 0.4) is 0 Å². The van der Waals surface area contributed by atoms with Gasteiger partial charge in [0.1, 0.15) is 11.6 Å². The number of hydrogen-bond acceptors (Lipinski definition) is 2. The van der Waals surface area contributed by atoms with Crippen molar-refractivity contribution < 1.29 is 4.39 Å². The number of fused-ring (bicyclic) bond motifs is 1. The number of halogens is 2. The van der Waals surface area contributed by atoms with Gasteiger partial charge in [0, 0.05) is 11.9 Å². The molecule has 0 aliphatic rings. The van der Waals surface area contributed by atoms with Crippen LogP contribution < -0.4 is 5.32 Å². The van der Waals surface area contributed by atoms with Gasteiger partial charge in [-0.2, -0.15) is 0 Å². The number of benzene rings is 1. The molecule has 0 aliphatic carbocycles. The Hall–Kier alpha value is -1.35. The summed E-state index contributed by atoms with van der Waals surface area (Å²) in [5, 5.41) is 3.97. The largest absolute Gasteiger partial charge is 0.370 e. The molecular weight excluding hydrogens is 215 g/mol. The lowest BCUT2D eigenvalue weighted by atomic mass is 10.2. The Morgan fingerprint density at radius 2 is 2.13 bits per heavy atom. The maximum atomic E-state index is 13.4. The molecule has 78 valence electrons. The number of rotatable bonds is 2. The zero-order valence-corrected chi connectivity index (χ0v) is 8.98. The molecule has 0 bridgehead atoms. The quantitative estimate of drug-likeness (QED) is 0.845. The monoisotopic (exact) mass is 224 g/mol. The summed E-state index contributed by atoms with van der Waals surface area (Å²) in [5.74, 6) is 0.405. The molecule has 2 aromatic rings. The summed E-state index contributed by atoms with van der Waals surface area (Å²) in [7, 11) is 0. The number of nitrogens with one attached hydrogen (secondary N) is 1. The summed E-state index contributed by atoms with van der Waals surface area (Å²) >= 11 is 5.94. The first kappa shape index (κ1) is 10.2. The van der Waals surface area contributed by atoms with Gasteiger partial charge < -0.3 is 5.32 Å². The average Bonchev–Trinajstić information content (AvgIpc) is 2.24. The average molecular weight is 225 g/mol. The van der Waals surface area contributed by atoms with Crippen molar-refractivity contribution in [3.05, 3.63) is 35.1 Å². The molecule has 15 heavy (non-hydrogen) atoms. The van der Waals surface area contributed by atoms with Crippen LogP contribution in [0.25, 0.3) is 10.9 Å². The molecular formula is C11H10ClFN2. The fourth-order valence-electron chi connectivity index (χ4n) is 1.43. The van der Waals surface area contributed by atoms with E-state index in [-0.39, 0.29) is 5.82 Å². The molecule has 1 N–H and O–H groups in total. The van der Waals surface area contributed by atoms with Gasteiger partial charge >= 0.3 is 0 Å². The van der Waals surface area contributed by atoms with E-state index in [1.807, 2.05) is 6.92 Å². The fourth-order valence-corrected chi connectivity index (χ4v) is 1.64. The summed E-state index contributed by atoms with van der Waals surface area (Å²) in [6.45, 7) is 2.74. The molecule has 0 fully saturated rings. The summed E-state index contributed by atoms with van der Waals surface area (Å²) in [4.78, 5) is 4.24. The number of aromatic nitrogens is 1. The van der Waals surface area contributed by atoms with E-state index in [0.29, 0.717) is 21.7 Å². The molecule has 1 aromatic carbocycles. The molecule has 1 heterocycles. The third-order valence-electron chi connectivity index (χ3n) is 2.11. The lowest BCUT2D eigenvalue weighted by Crippen LogP contribution is -1.99. The highest BCUT2D eigenvalue weighted by Crippen LogP contribution is 2.25. The Morgan fingerprint density at radius 1 is 1.33 bits per heavy atom. The van der Waals surface area contributed by atoms with E-state index in [9.17, 15) is 4.39 Å². The van der Waals surface area contributed by atoms with Crippen molar-refractivity contribution in [3.8, 4) is 0 Å². The van der Waals surface area contributed by atoms with Crippen LogP contribution in [0.2, 0.25) is 5.02 Å². The number of nitrogens with zero attached hydrogens (tertiary/aromatic N) is 1. The first-order valence-electron chi connectivity index (χ1n) is 4.71. The highest BCUT2D eigenvalue weighted by molar-refractivity contribution is 6.35. The van der Waals surface area contributed by atoms with Gasteiger partial charge in [-0.1, -0.05) is 11.6 Å². The molecule has 2 rings (SSSR count). The Bertz CT molecular complexity index is 499. The van der Waals surface area contributed by atoms with Crippen molar-refractivity contribution in [2.45, 2.75) is 6.92 Å². The van der Waals surface area contributed by atoms with Crippen LogP contribution in [0.5, 0.6) is 0 Å². The summed E-state index contributed by atoms with van der Waals surface area (Å²) in [5.41, 5.74) is 0.495. The molecule has 1 aromatic heterocycles. The third-order valence-corrected chi connectivity index (χ3v) is 2.42. The van der Waals surface area contributed by atoms with Crippen LogP contribution in [0.1, 0.15) is 6.92 Å². The van der Waals surface area contributed by atoms with Crippen molar-refractivity contribution in [2.75, 3.05) is 11.9 Å². The molecule has 0 saturated carbocycles. The van der Waals surface area contributed by atoms with Crippen LogP contribution >= 0.6 is 11.6 Å². The van der Waals surface area contributed by atoms with Gasteiger partial charge in [0.25, 0.3) is 0 Å². The second-order valence-corrected chi connectivity index (χ2v) is 3.56. The summed E-state index contributed by atoms with van der Waals surface area (Å²) in [6, 6.07) is 6.29. The van der Waals surface area contributed by atoms with E-state index in [1.165, 1.54) is 12.1 Å². The topological polar surface area (TPSA) is 24.9 Å². The van der Waals surface area contributed by atoms with Gasteiger partial charge in [-0.3, -0.25) is 0 Å². The minimum absolute atomic E-state index is 0.301. The fraction of sp³-hybridized carbons (Fsp3) is 0.182. The van der Waals surface area contributed by atoms with Crippen LogP contribution in [-0.2, 0) is 0 Å². The van der Waals surface area contributed by atoms with Crippen molar-refractivity contribution in [3.63, 3.8) is 0 Å². The first-order chi connectivity index (χ1) is 7.22. The Balaban J connectivity index is 2.65. The lowest BCUT2D eigenvalue weighted by molar-refractivity contribution is 0.639. The third kappa shape index (κ3) is 1.88. The van der Waals surface area contributed by atoms with Gasteiger partial charge in [0.2, 0.25) is 0 Å². The van der Waals surface area contributed by atoms with Crippen molar-refractivity contribution in [2.24, 2.45) is 0 Å². The van der Waals surface area contributed by atoms with Gasteiger partial charge in [-0.25, -0.2) is 9.37 Å². The van der Waals surface area contributed by atoms with E-state index < -0.39 is 0 Å². The van der Waals surface area contributed by atoms with E-state index in [2.05, 4.69) is 10.3 Å². The predicted molar refractivity (Wildman–Crippen MR) is 60.9 cm³/mol. The van der Waals surface area contributed by atoms with Crippen LogP contribution in [0.4, 0.5) is 10.2 Å². The predicted octanol–water partition coefficient (Wildman–Crippen LogP) is 3.46. The van der Waals surface area contributed by atoms with Crippen LogP contribution in [-0.4, -0.2) is 11.5 Å². The molecule has 0 saturated heterocycles. The minimum atomic E-state index is -0.301. The second kappa shape index (κ2) is 4.03. The lowest BCUT2D eigenvalue weighted by Gasteiger charge is -2.05. The molecule has 2 nitrogen and oxygen atoms in total. The molecule has 0 amide bonds. The summed E-state index contributed by atoms with van der Waals surface area (Å²) in [6.07, 6.45) is 0. The van der Waals surface area contributed by atoms with Crippen LogP contribution in [0, 0.1) is 5.82 Å². The van der Waals surface area contributed by atoms with E-state index in [1.54, 1.807) is 12.1 Å². The first-order valence-corrected chi connectivity index (χ1v) is 5.09. The molecule has 4 heteroatoms. The minimum Gasteiger partial charge on any atom is -0.370 e. The van der Waals surface area contributed by atoms with Gasteiger partial charge in [0.15, 0.2) is 0 Å². The highest BCUT2D eigenvalue weighted by atomic mass is 35.5. The van der Waals surface area contributed by atoms with Gasteiger partial charge in [-0.15, -0.1) is 0 Å². The second-order valence-electron chi connectivity index (χ2n) is 3.15. The van der Waals surface area contributed by atoms with Gasteiger partial charge in [-0.05, 0) is 31.2 Å². The number of pyridine rings is 1. The van der Waals surface area contributed by atoms with Crippen LogP contribution in [0.15, 0.2) is 24.3 Å².